The normalized spacial score (nSPS) is 10.3. The second-order valence-electron chi connectivity index (χ2n) is 10.5. The van der Waals surface area contributed by atoms with Gasteiger partial charge in [0.15, 0.2) is 5.78 Å². The lowest BCUT2D eigenvalue weighted by molar-refractivity contribution is -0.134. The van der Waals surface area contributed by atoms with Gasteiger partial charge in [0.2, 0.25) is 0 Å². The first-order chi connectivity index (χ1) is 21.5. The molecule has 0 heterocycles. The number of carbonyl (C=O) groups is 2. The number of phenols is 1. The molecule has 4 aromatic rings. The number of carbonyl (C=O) groups excluding carboxylic acids is 2. The zero-order valence-electron chi connectivity index (χ0n) is 25.9. The van der Waals surface area contributed by atoms with Gasteiger partial charge in [-0.3, -0.25) is 9.59 Å². The quantitative estimate of drug-likeness (QED) is 0.0600. The van der Waals surface area contributed by atoms with Crippen molar-refractivity contribution in [3.63, 3.8) is 0 Å². The molecule has 0 atom stereocenters. The Bertz CT molecular complexity index is 1400. The largest absolute Gasteiger partial charge is 0.507 e. The van der Waals surface area contributed by atoms with Gasteiger partial charge < -0.3 is 19.3 Å². The highest BCUT2D eigenvalue weighted by Gasteiger charge is 2.12. The third-order valence-electron chi connectivity index (χ3n) is 6.76. The molecule has 4 aromatic carbocycles. The molecule has 0 fully saturated rings. The van der Waals surface area contributed by atoms with Gasteiger partial charge in [-0.15, -0.1) is 0 Å². The summed E-state index contributed by atoms with van der Waals surface area (Å²) >= 11 is 0. The number of hydrogen-bond donors (Lipinski definition) is 1. The van der Waals surface area contributed by atoms with Crippen LogP contribution in [-0.4, -0.2) is 16.9 Å². The first-order valence-corrected chi connectivity index (χ1v) is 15.6. The number of para-hydroxylation sites is 2. The van der Waals surface area contributed by atoms with Gasteiger partial charge in [0.1, 0.15) is 34.5 Å². The molecular weight excluding hydrogens is 552 g/mol. The maximum Gasteiger partial charge on any atom is 0.311 e. The van der Waals surface area contributed by atoms with Crippen LogP contribution in [0.5, 0.6) is 34.5 Å². The van der Waals surface area contributed by atoms with Crippen molar-refractivity contribution >= 4 is 11.8 Å². The molecule has 6 nitrogen and oxygen atoms in total. The Balaban J connectivity index is 0.000000240. The standard InChI is InChI=1S/2C19H22O3/c1-2-3-4-8-14-19(20)22-18-13-9-12-17(15-18)21-16-10-6-5-7-11-16;1-2-3-4-8-11-18(20)17-13-12-16(14-19(17)21)22-15-9-6-5-7-10-15/h5-7,9-13,15H,2-4,8,14H2,1H3;5-7,9-10,12-14,21H,2-4,8,11H2,1H3. The Hall–Kier alpha value is -4.58. The molecule has 232 valence electrons. The molecule has 1 N–H and O–H groups in total. The number of rotatable bonds is 16. The Kier molecular flexibility index (Phi) is 15.1. The molecule has 0 radical (unpaired) electrons. The van der Waals surface area contributed by atoms with Crippen LogP contribution in [0.4, 0.5) is 0 Å². The summed E-state index contributed by atoms with van der Waals surface area (Å²) in [5, 5.41) is 10.0. The van der Waals surface area contributed by atoms with Gasteiger partial charge >= 0.3 is 5.97 Å². The minimum absolute atomic E-state index is 0.0140. The van der Waals surface area contributed by atoms with Gasteiger partial charge in [-0.25, -0.2) is 0 Å². The van der Waals surface area contributed by atoms with E-state index in [2.05, 4.69) is 13.8 Å². The first-order valence-electron chi connectivity index (χ1n) is 15.6. The van der Waals surface area contributed by atoms with Crippen LogP contribution in [0.15, 0.2) is 103 Å². The van der Waals surface area contributed by atoms with Crippen LogP contribution in [0.25, 0.3) is 0 Å². The van der Waals surface area contributed by atoms with Crippen molar-refractivity contribution in [3.05, 3.63) is 109 Å². The molecule has 0 aliphatic carbocycles. The van der Waals surface area contributed by atoms with Gasteiger partial charge in [0, 0.05) is 25.0 Å². The zero-order valence-corrected chi connectivity index (χ0v) is 25.9. The molecule has 6 heteroatoms. The van der Waals surface area contributed by atoms with E-state index in [0.29, 0.717) is 41.4 Å². The van der Waals surface area contributed by atoms with Crippen molar-refractivity contribution < 1.29 is 28.9 Å². The number of ether oxygens (including phenoxy) is 3. The monoisotopic (exact) mass is 596 g/mol. The summed E-state index contributed by atoms with van der Waals surface area (Å²) in [5.41, 5.74) is 0.372. The van der Waals surface area contributed by atoms with Crippen LogP contribution in [0, 0.1) is 0 Å². The lowest BCUT2D eigenvalue weighted by Gasteiger charge is -2.08. The summed E-state index contributed by atoms with van der Waals surface area (Å²) in [7, 11) is 0. The van der Waals surface area contributed by atoms with E-state index in [0.717, 1.165) is 57.1 Å². The van der Waals surface area contributed by atoms with E-state index in [1.165, 1.54) is 6.07 Å². The molecular formula is C38H44O6. The Morgan fingerprint density at radius 3 is 1.64 bits per heavy atom. The maximum atomic E-state index is 12.1. The SMILES string of the molecule is CCCCCCC(=O)Oc1cccc(Oc2ccccc2)c1.CCCCCCC(=O)c1ccc(Oc2ccccc2)cc1O. The molecule has 0 aliphatic rings. The Morgan fingerprint density at radius 2 is 1.07 bits per heavy atom. The smallest absolute Gasteiger partial charge is 0.311 e. The number of ketones is 1. The van der Waals surface area contributed by atoms with E-state index in [-0.39, 0.29) is 17.5 Å². The van der Waals surface area contributed by atoms with Crippen molar-refractivity contribution in [2.24, 2.45) is 0 Å². The summed E-state index contributed by atoms with van der Waals surface area (Å²) in [6.45, 7) is 4.29. The van der Waals surface area contributed by atoms with Gasteiger partial charge in [0.05, 0.1) is 5.56 Å². The van der Waals surface area contributed by atoms with Gasteiger partial charge in [-0.2, -0.15) is 0 Å². The highest BCUT2D eigenvalue weighted by atomic mass is 16.5. The number of Topliss-reactive ketones (excluding diaryl/α,β-unsaturated/α-hetero) is 1. The Morgan fingerprint density at radius 1 is 0.545 bits per heavy atom. The summed E-state index contributed by atoms with van der Waals surface area (Å²) in [4.78, 5) is 23.9. The van der Waals surface area contributed by atoms with E-state index in [1.807, 2.05) is 72.8 Å². The molecule has 0 amide bonds. The molecule has 0 spiro atoms. The molecule has 0 aromatic heterocycles. The highest BCUT2D eigenvalue weighted by molar-refractivity contribution is 5.98. The van der Waals surface area contributed by atoms with Gasteiger partial charge in [-0.1, -0.05) is 94.8 Å². The lowest BCUT2D eigenvalue weighted by atomic mass is 10.0. The number of benzene rings is 4. The van der Waals surface area contributed by atoms with Crippen molar-refractivity contribution in [3.8, 4) is 34.5 Å². The molecule has 44 heavy (non-hydrogen) atoms. The topological polar surface area (TPSA) is 82.1 Å². The minimum atomic E-state index is -0.187. The van der Waals surface area contributed by atoms with E-state index in [9.17, 15) is 14.7 Å². The summed E-state index contributed by atoms with van der Waals surface area (Å²) in [5.74, 6) is 2.93. The van der Waals surface area contributed by atoms with E-state index in [1.54, 1.807) is 24.3 Å². The first kappa shape index (κ1) is 33.9. The van der Waals surface area contributed by atoms with Crippen molar-refractivity contribution in [1.82, 2.24) is 0 Å². The second kappa shape index (κ2) is 19.6. The van der Waals surface area contributed by atoms with E-state index >= 15 is 0 Å². The van der Waals surface area contributed by atoms with Gasteiger partial charge in [0.25, 0.3) is 0 Å². The number of esters is 1. The van der Waals surface area contributed by atoms with Crippen LogP contribution >= 0.6 is 0 Å². The number of hydrogen-bond acceptors (Lipinski definition) is 6. The third kappa shape index (κ3) is 12.7. The average Bonchev–Trinajstić information content (AvgIpc) is 3.03. The van der Waals surface area contributed by atoms with Crippen LogP contribution < -0.4 is 14.2 Å². The lowest BCUT2D eigenvalue weighted by Crippen LogP contribution is -2.07. The zero-order chi connectivity index (χ0) is 31.4. The Labute approximate surface area is 261 Å². The number of aromatic hydroxyl groups is 1. The molecule has 0 bridgehead atoms. The fraction of sp³-hybridized carbons (Fsp3) is 0.316. The number of phenolic OH excluding ortho intramolecular Hbond substituents is 1. The van der Waals surface area contributed by atoms with E-state index < -0.39 is 0 Å². The van der Waals surface area contributed by atoms with Crippen LogP contribution in [-0.2, 0) is 4.79 Å². The summed E-state index contributed by atoms with van der Waals surface area (Å²) in [6, 6.07) is 30.9. The van der Waals surface area contributed by atoms with Crippen molar-refractivity contribution in [2.75, 3.05) is 0 Å². The fourth-order valence-corrected chi connectivity index (χ4v) is 4.39. The summed E-state index contributed by atoms with van der Waals surface area (Å²) < 4.78 is 16.7. The predicted molar refractivity (Wildman–Crippen MR) is 175 cm³/mol. The van der Waals surface area contributed by atoms with Crippen LogP contribution in [0.1, 0.15) is 88.4 Å². The predicted octanol–water partition coefficient (Wildman–Crippen LogP) is 10.7. The molecule has 4 rings (SSSR count). The molecule has 0 saturated heterocycles. The van der Waals surface area contributed by atoms with Crippen LogP contribution in [0.3, 0.4) is 0 Å². The summed E-state index contributed by atoms with van der Waals surface area (Å²) in [6.07, 6.45) is 9.42. The molecule has 0 aliphatic heterocycles. The average molecular weight is 597 g/mol. The minimum Gasteiger partial charge on any atom is -0.507 e. The molecule has 0 saturated carbocycles. The fourth-order valence-electron chi connectivity index (χ4n) is 4.39. The molecule has 0 unspecified atom stereocenters. The maximum absolute atomic E-state index is 12.1. The van der Waals surface area contributed by atoms with Crippen molar-refractivity contribution in [2.45, 2.75) is 78.1 Å². The number of unbranched alkanes of at least 4 members (excludes halogenated alkanes) is 6. The van der Waals surface area contributed by atoms with Crippen molar-refractivity contribution in [1.29, 1.82) is 0 Å². The van der Waals surface area contributed by atoms with Crippen LogP contribution in [0.2, 0.25) is 0 Å². The third-order valence-corrected chi connectivity index (χ3v) is 6.76. The van der Waals surface area contributed by atoms with E-state index in [4.69, 9.17) is 14.2 Å². The highest BCUT2D eigenvalue weighted by Crippen LogP contribution is 2.29. The second-order valence-corrected chi connectivity index (χ2v) is 10.5. The van der Waals surface area contributed by atoms with Gasteiger partial charge in [-0.05, 0) is 61.4 Å².